The number of nitrogens with one attached hydrogen (secondary N) is 2. The quantitative estimate of drug-likeness (QED) is 0.618. The number of hydrogen-bond acceptors (Lipinski definition) is 2. The molecule has 0 saturated carbocycles. The van der Waals surface area contributed by atoms with E-state index < -0.39 is 5.97 Å². The number of carboxylic acids is 1. The standard InChI is InChI=1S/C20H19ClN2O3/c1-12-3-2-4-13(9-12)7-8-22-18(24)11-16-15-10-14(21)5-6-17(15)23-19(16)20(25)26/h2-6,9-10,23H,7-8,11H2,1H3,(H,22,24)(H,25,26). The van der Waals surface area contributed by atoms with Crippen LogP contribution in [0.15, 0.2) is 42.5 Å². The predicted molar refractivity (Wildman–Crippen MR) is 102 cm³/mol. The minimum absolute atomic E-state index is 0.0181. The molecule has 0 fully saturated rings. The Bertz CT molecular complexity index is 978. The number of aryl methyl sites for hydroxylation is 1. The van der Waals surface area contributed by atoms with Crippen molar-refractivity contribution in [3.8, 4) is 0 Å². The van der Waals surface area contributed by atoms with Gasteiger partial charge in [-0.1, -0.05) is 41.4 Å². The van der Waals surface area contributed by atoms with Crippen LogP contribution in [0, 0.1) is 6.92 Å². The highest BCUT2D eigenvalue weighted by Gasteiger charge is 2.19. The van der Waals surface area contributed by atoms with Crippen LogP contribution in [0.3, 0.4) is 0 Å². The van der Waals surface area contributed by atoms with Crippen LogP contribution in [0.25, 0.3) is 10.9 Å². The Balaban J connectivity index is 1.71. The smallest absolute Gasteiger partial charge is 0.352 e. The molecule has 0 atom stereocenters. The molecule has 134 valence electrons. The lowest BCUT2D eigenvalue weighted by atomic mass is 10.1. The summed E-state index contributed by atoms with van der Waals surface area (Å²) in [4.78, 5) is 26.7. The Morgan fingerprint density at radius 3 is 2.73 bits per heavy atom. The van der Waals surface area contributed by atoms with E-state index in [-0.39, 0.29) is 18.0 Å². The van der Waals surface area contributed by atoms with E-state index in [2.05, 4.69) is 16.4 Å². The average molecular weight is 371 g/mol. The normalized spacial score (nSPS) is 10.8. The summed E-state index contributed by atoms with van der Waals surface area (Å²) in [6, 6.07) is 13.2. The van der Waals surface area contributed by atoms with Gasteiger partial charge in [-0.25, -0.2) is 4.79 Å². The molecule has 3 aromatic rings. The summed E-state index contributed by atoms with van der Waals surface area (Å²) in [7, 11) is 0. The summed E-state index contributed by atoms with van der Waals surface area (Å²) in [5.41, 5.74) is 3.44. The fraction of sp³-hybridized carbons (Fsp3) is 0.200. The maximum atomic E-state index is 12.3. The Kier molecular flexibility index (Phi) is 5.28. The van der Waals surface area contributed by atoms with Gasteiger partial charge in [0.05, 0.1) is 6.42 Å². The van der Waals surface area contributed by atoms with Gasteiger partial charge in [0.25, 0.3) is 0 Å². The van der Waals surface area contributed by atoms with Gasteiger partial charge in [0, 0.05) is 28.0 Å². The van der Waals surface area contributed by atoms with E-state index in [1.807, 2.05) is 25.1 Å². The first-order chi connectivity index (χ1) is 12.4. The van der Waals surface area contributed by atoms with Gasteiger partial charge in [0.2, 0.25) is 5.91 Å². The van der Waals surface area contributed by atoms with Crippen molar-refractivity contribution in [2.75, 3.05) is 6.54 Å². The number of fused-ring (bicyclic) bond motifs is 1. The molecule has 0 aliphatic carbocycles. The topological polar surface area (TPSA) is 82.2 Å². The van der Waals surface area contributed by atoms with E-state index in [1.54, 1.807) is 18.2 Å². The predicted octanol–water partition coefficient (Wildman–Crippen LogP) is 3.73. The molecule has 3 rings (SSSR count). The zero-order chi connectivity index (χ0) is 18.7. The lowest BCUT2D eigenvalue weighted by molar-refractivity contribution is -0.120. The Morgan fingerprint density at radius 2 is 2.00 bits per heavy atom. The summed E-state index contributed by atoms with van der Waals surface area (Å²) in [5.74, 6) is -1.32. The van der Waals surface area contributed by atoms with Crippen LogP contribution in [-0.2, 0) is 17.6 Å². The molecule has 1 amide bonds. The lowest BCUT2D eigenvalue weighted by Crippen LogP contribution is -2.27. The number of aromatic nitrogens is 1. The van der Waals surface area contributed by atoms with E-state index in [0.717, 1.165) is 12.0 Å². The minimum Gasteiger partial charge on any atom is -0.477 e. The molecule has 3 N–H and O–H groups in total. The second kappa shape index (κ2) is 7.62. The summed E-state index contributed by atoms with van der Waals surface area (Å²) in [6.45, 7) is 2.52. The van der Waals surface area contributed by atoms with Gasteiger partial charge in [-0.3, -0.25) is 4.79 Å². The van der Waals surface area contributed by atoms with Gasteiger partial charge < -0.3 is 15.4 Å². The van der Waals surface area contributed by atoms with Gasteiger partial charge >= 0.3 is 5.97 Å². The summed E-state index contributed by atoms with van der Waals surface area (Å²) in [5, 5.41) is 13.4. The fourth-order valence-electron chi connectivity index (χ4n) is 3.02. The van der Waals surface area contributed by atoms with Gasteiger partial charge in [-0.15, -0.1) is 0 Å². The van der Waals surface area contributed by atoms with Crippen LogP contribution in [0.2, 0.25) is 5.02 Å². The monoisotopic (exact) mass is 370 g/mol. The molecular weight excluding hydrogens is 352 g/mol. The second-order valence-electron chi connectivity index (χ2n) is 6.24. The van der Waals surface area contributed by atoms with Crippen LogP contribution in [0.5, 0.6) is 0 Å². The van der Waals surface area contributed by atoms with Crippen molar-refractivity contribution in [3.63, 3.8) is 0 Å². The number of halogens is 1. The van der Waals surface area contributed by atoms with E-state index in [9.17, 15) is 14.7 Å². The molecule has 5 nitrogen and oxygen atoms in total. The number of rotatable bonds is 6. The largest absolute Gasteiger partial charge is 0.477 e. The number of carbonyl (C=O) groups excluding carboxylic acids is 1. The van der Waals surface area contributed by atoms with Crippen LogP contribution in [0.1, 0.15) is 27.2 Å². The highest BCUT2D eigenvalue weighted by Crippen LogP contribution is 2.26. The molecule has 0 aliphatic heterocycles. The molecule has 26 heavy (non-hydrogen) atoms. The van der Waals surface area contributed by atoms with Crippen LogP contribution >= 0.6 is 11.6 Å². The third-order valence-corrected chi connectivity index (χ3v) is 4.47. The zero-order valence-electron chi connectivity index (χ0n) is 14.3. The molecule has 0 saturated heterocycles. The van der Waals surface area contributed by atoms with E-state index in [4.69, 9.17) is 11.6 Å². The lowest BCUT2D eigenvalue weighted by Gasteiger charge is -2.07. The third kappa shape index (κ3) is 4.06. The van der Waals surface area contributed by atoms with E-state index >= 15 is 0 Å². The van der Waals surface area contributed by atoms with Crippen molar-refractivity contribution in [2.24, 2.45) is 0 Å². The maximum absolute atomic E-state index is 12.3. The number of carboxylic acid groups (broad SMARTS) is 1. The molecule has 1 aromatic heterocycles. The van der Waals surface area contributed by atoms with Crippen molar-refractivity contribution < 1.29 is 14.7 Å². The first kappa shape index (κ1) is 18.0. The molecule has 1 heterocycles. The summed E-state index contributed by atoms with van der Waals surface area (Å²) in [6.07, 6.45) is 0.703. The average Bonchev–Trinajstić information content (AvgIpc) is 2.93. The van der Waals surface area contributed by atoms with E-state index in [0.29, 0.717) is 28.0 Å². The molecular formula is C20H19ClN2O3. The van der Waals surface area contributed by atoms with E-state index in [1.165, 1.54) is 5.56 Å². The highest BCUT2D eigenvalue weighted by atomic mass is 35.5. The second-order valence-corrected chi connectivity index (χ2v) is 6.68. The van der Waals surface area contributed by atoms with Gasteiger partial charge in [0.15, 0.2) is 0 Å². The molecule has 6 heteroatoms. The first-order valence-electron chi connectivity index (χ1n) is 8.29. The Hall–Kier alpha value is -2.79. The number of amides is 1. The molecule has 0 aliphatic rings. The molecule has 2 aromatic carbocycles. The van der Waals surface area contributed by atoms with Gasteiger partial charge in [-0.2, -0.15) is 0 Å². The van der Waals surface area contributed by atoms with Gasteiger partial charge in [0.1, 0.15) is 5.69 Å². The Morgan fingerprint density at radius 1 is 1.19 bits per heavy atom. The highest BCUT2D eigenvalue weighted by molar-refractivity contribution is 6.31. The van der Waals surface area contributed by atoms with Crippen molar-refractivity contribution in [2.45, 2.75) is 19.8 Å². The summed E-state index contributed by atoms with van der Waals surface area (Å²) >= 11 is 6.02. The minimum atomic E-state index is -1.10. The molecule has 0 unspecified atom stereocenters. The third-order valence-electron chi connectivity index (χ3n) is 4.24. The maximum Gasteiger partial charge on any atom is 0.352 e. The summed E-state index contributed by atoms with van der Waals surface area (Å²) < 4.78 is 0. The zero-order valence-corrected chi connectivity index (χ0v) is 15.1. The van der Waals surface area contributed by atoms with Crippen LogP contribution < -0.4 is 5.32 Å². The van der Waals surface area contributed by atoms with Gasteiger partial charge in [-0.05, 0) is 37.1 Å². The number of aromatic carboxylic acids is 1. The van der Waals surface area contributed by atoms with Crippen LogP contribution in [0.4, 0.5) is 0 Å². The molecule has 0 bridgehead atoms. The first-order valence-corrected chi connectivity index (χ1v) is 8.67. The Labute approximate surface area is 156 Å². The number of hydrogen-bond donors (Lipinski definition) is 3. The van der Waals surface area contributed by atoms with Crippen molar-refractivity contribution in [1.29, 1.82) is 0 Å². The number of aromatic amines is 1. The fourth-order valence-corrected chi connectivity index (χ4v) is 3.20. The van der Waals surface area contributed by atoms with Crippen molar-refractivity contribution >= 4 is 34.4 Å². The van der Waals surface area contributed by atoms with Crippen molar-refractivity contribution in [3.05, 3.63) is 69.9 Å². The molecule has 0 radical (unpaired) electrons. The number of H-pyrrole nitrogens is 1. The van der Waals surface area contributed by atoms with Crippen LogP contribution in [-0.4, -0.2) is 28.5 Å². The SMILES string of the molecule is Cc1cccc(CCNC(=O)Cc2c(C(=O)O)[nH]c3ccc(Cl)cc23)c1. The number of benzene rings is 2. The number of carbonyl (C=O) groups is 2. The molecule has 0 spiro atoms. The van der Waals surface area contributed by atoms with Crippen molar-refractivity contribution in [1.82, 2.24) is 10.3 Å².